The second kappa shape index (κ2) is 9.81. The molecule has 0 amide bonds. The number of aldehydes is 1. The number of rotatable bonds is 5. The third-order valence-electron chi connectivity index (χ3n) is 2.91. The lowest BCUT2D eigenvalue weighted by molar-refractivity contribution is -0.111. The van der Waals surface area contributed by atoms with Gasteiger partial charge in [-0.05, 0) is 31.2 Å². The molecular formula is C16H14Cl2FN5O2. The standard InChI is InChI=1S/C8H7ClFNO2.C8H7ClN4/c9-7-5-6(1-2-8(7)10)11-13-4-3-12;1-6-4-10-5-13(6)8-11-3-2-7(9)12-8/h1-3,5,11H,4H2;2-5H,1H3. The highest BCUT2D eigenvalue weighted by Gasteiger charge is 2.02. The second-order valence-corrected chi connectivity index (χ2v) is 5.59. The molecule has 1 N–H and O–H groups in total. The molecule has 136 valence electrons. The van der Waals surface area contributed by atoms with E-state index in [1.807, 2.05) is 6.92 Å². The molecule has 0 radical (unpaired) electrons. The Kier molecular flexibility index (Phi) is 7.46. The lowest BCUT2D eigenvalue weighted by Crippen LogP contribution is -2.03. The van der Waals surface area contributed by atoms with Crippen LogP contribution in [0.15, 0.2) is 43.0 Å². The Bertz CT molecular complexity index is 875. The van der Waals surface area contributed by atoms with Crippen LogP contribution < -0.4 is 5.48 Å². The van der Waals surface area contributed by atoms with Crippen molar-refractivity contribution >= 4 is 35.2 Å². The van der Waals surface area contributed by atoms with Gasteiger partial charge in [-0.15, -0.1) is 0 Å². The van der Waals surface area contributed by atoms with Crippen LogP contribution in [0.25, 0.3) is 5.95 Å². The van der Waals surface area contributed by atoms with Crippen molar-refractivity contribution in [3.8, 4) is 5.95 Å². The van der Waals surface area contributed by atoms with E-state index in [0.717, 1.165) is 5.69 Å². The highest BCUT2D eigenvalue weighted by atomic mass is 35.5. The smallest absolute Gasteiger partial charge is 0.236 e. The van der Waals surface area contributed by atoms with Crippen LogP contribution in [-0.2, 0) is 9.63 Å². The highest BCUT2D eigenvalue weighted by Crippen LogP contribution is 2.19. The number of nitrogens with one attached hydrogen (secondary N) is 1. The third kappa shape index (κ3) is 5.76. The molecule has 0 saturated heterocycles. The van der Waals surface area contributed by atoms with E-state index in [0.29, 0.717) is 23.1 Å². The number of aromatic nitrogens is 4. The minimum absolute atomic E-state index is 0.000275. The summed E-state index contributed by atoms with van der Waals surface area (Å²) in [5.74, 6) is 0.0464. The number of carbonyl (C=O) groups excluding carboxylic acids is 1. The zero-order valence-electron chi connectivity index (χ0n) is 13.6. The molecule has 1 aromatic carbocycles. The maximum Gasteiger partial charge on any atom is 0.236 e. The molecule has 0 bridgehead atoms. The van der Waals surface area contributed by atoms with E-state index in [-0.39, 0.29) is 11.6 Å². The average Bonchev–Trinajstić information content (AvgIpc) is 3.05. The minimum atomic E-state index is -0.498. The van der Waals surface area contributed by atoms with Gasteiger partial charge in [0.2, 0.25) is 5.95 Å². The van der Waals surface area contributed by atoms with Crippen LogP contribution >= 0.6 is 23.2 Å². The molecular weight excluding hydrogens is 384 g/mol. The van der Waals surface area contributed by atoms with Gasteiger partial charge in [0, 0.05) is 18.1 Å². The highest BCUT2D eigenvalue weighted by molar-refractivity contribution is 6.31. The zero-order chi connectivity index (χ0) is 18.9. The van der Waals surface area contributed by atoms with Crippen molar-refractivity contribution in [2.75, 3.05) is 12.1 Å². The number of halogens is 3. The largest absolute Gasteiger partial charge is 0.301 e. The average molecular weight is 398 g/mol. The molecule has 0 aliphatic rings. The summed E-state index contributed by atoms with van der Waals surface area (Å²) < 4.78 is 14.4. The summed E-state index contributed by atoms with van der Waals surface area (Å²) in [7, 11) is 0. The maximum absolute atomic E-state index is 12.6. The summed E-state index contributed by atoms with van der Waals surface area (Å²) in [5, 5.41) is 0.429. The van der Waals surface area contributed by atoms with Gasteiger partial charge in [-0.25, -0.2) is 19.3 Å². The first kappa shape index (κ1) is 19.8. The molecule has 0 aliphatic heterocycles. The monoisotopic (exact) mass is 397 g/mol. The fourth-order valence-electron chi connectivity index (χ4n) is 1.73. The van der Waals surface area contributed by atoms with Gasteiger partial charge in [0.1, 0.15) is 30.2 Å². The molecule has 0 spiro atoms. The van der Waals surface area contributed by atoms with Crippen LogP contribution in [0.2, 0.25) is 10.2 Å². The van der Waals surface area contributed by atoms with E-state index in [1.165, 1.54) is 18.2 Å². The minimum Gasteiger partial charge on any atom is -0.301 e. The van der Waals surface area contributed by atoms with Gasteiger partial charge in [0.15, 0.2) is 0 Å². The quantitative estimate of drug-likeness (QED) is 0.306. The first-order chi connectivity index (χ1) is 12.5. The summed E-state index contributed by atoms with van der Waals surface area (Å²) >= 11 is 11.2. The number of carbonyl (C=O) groups is 1. The predicted octanol–water partition coefficient (Wildman–Crippen LogP) is 3.65. The van der Waals surface area contributed by atoms with E-state index < -0.39 is 5.82 Å². The number of benzene rings is 1. The summed E-state index contributed by atoms with van der Waals surface area (Å²) in [6.45, 7) is 1.85. The fourth-order valence-corrected chi connectivity index (χ4v) is 2.04. The first-order valence-electron chi connectivity index (χ1n) is 7.25. The third-order valence-corrected chi connectivity index (χ3v) is 3.41. The number of hydrogen-bond acceptors (Lipinski definition) is 6. The van der Waals surface area contributed by atoms with Gasteiger partial charge < -0.3 is 4.79 Å². The van der Waals surface area contributed by atoms with E-state index in [2.05, 4.69) is 25.3 Å². The van der Waals surface area contributed by atoms with Gasteiger partial charge in [0.25, 0.3) is 0 Å². The molecule has 2 heterocycles. The van der Waals surface area contributed by atoms with Gasteiger partial charge in [-0.2, -0.15) is 0 Å². The van der Waals surface area contributed by atoms with Gasteiger partial charge in [-0.3, -0.25) is 14.9 Å². The number of imidazole rings is 1. The molecule has 0 fully saturated rings. The maximum atomic E-state index is 12.6. The van der Waals surface area contributed by atoms with Crippen LogP contribution in [0.4, 0.5) is 10.1 Å². The van der Waals surface area contributed by atoms with Crippen LogP contribution in [-0.4, -0.2) is 32.4 Å². The fraction of sp³-hybridized carbons (Fsp3) is 0.125. The van der Waals surface area contributed by atoms with Crippen molar-refractivity contribution in [3.05, 3.63) is 64.7 Å². The lowest BCUT2D eigenvalue weighted by Gasteiger charge is -2.04. The summed E-state index contributed by atoms with van der Waals surface area (Å²) in [5.41, 5.74) is 3.90. The second-order valence-electron chi connectivity index (χ2n) is 4.79. The molecule has 0 unspecified atom stereocenters. The van der Waals surface area contributed by atoms with Crippen molar-refractivity contribution in [1.29, 1.82) is 0 Å². The molecule has 26 heavy (non-hydrogen) atoms. The molecule has 2 aromatic heterocycles. The summed E-state index contributed by atoms with van der Waals surface area (Å²) in [6.07, 6.45) is 5.60. The SMILES string of the molecule is Cc1cncn1-c1nccc(Cl)n1.O=CCONc1ccc(F)c(Cl)c1. The number of hydrogen-bond donors (Lipinski definition) is 1. The Hall–Kier alpha value is -2.55. The first-order valence-corrected chi connectivity index (χ1v) is 8.01. The number of aryl methyl sites for hydroxylation is 1. The Labute approximate surface area is 158 Å². The molecule has 3 rings (SSSR count). The summed E-state index contributed by atoms with van der Waals surface area (Å²) in [6, 6.07) is 5.65. The van der Waals surface area contributed by atoms with E-state index in [1.54, 1.807) is 29.4 Å². The van der Waals surface area contributed by atoms with E-state index in [4.69, 9.17) is 23.2 Å². The Morgan fingerprint density at radius 3 is 2.77 bits per heavy atom. The van der Waals surface area contributed by atoms with Crippen LogP contribution in [0.1, 0.15) is 5.69 Å². The van der Waals surface area contributed by atoms with Gasteiger partial charge in [-0.1, -0.05) is 23.2 Å². The van der Waals surface area contributed by atoms with Crippen molar-refractivity contribution in [1.82, 2.24) is 19.5 Å². The molecule has 3 aromatic rings. The Balaban J connectivity index is 0.000000187. The number of anilines is 1. The van der Waals surface area contributed by atoms with Crippen LogP contribution in [0.5, 0.6) is 0 Å². The van der Waals surface area contributed by atoms with Crippen LogP contribution in [0.3, 0.4) is 0 Å². The normalized spacial score (nSPS) is 10.0. The Morgan fingerprint density at radius 1 is 1.35 bits per heavy atom. The van der Waals surface area contributed by atoms with Gasteiger partial charge >= 0.3 is 0 Å². The molecule has 0 atom stereocenters. The van der Waals surface area contributed by atoms with Crippen molar-refractivity contribution in [2.24, 2.45) is 0 Å². The van der Waals surface area contributed by atoms with Crippen LogP contribution in [0, 0.1) is 12.7 Å². The van der Waals surface area contributed by atoms with E-state index in [9.17, 15) is 9.18 Å². The summed E-state index contributed by atoms with van der Waals surface area (Å²) in [4.78, 5) is 26.6. The molecule has 0 aliphatic carbocycles. The lowest BCUT2D eigenvalue weighted by atomic mass is 10.3. The van der Waals surface area contributed by atoms with Crippen molar-refractivity contribution < 1.29 is 14.0 Å². The van der Waals surface area contributed by atoms with E-state index >= 15 is 0 Å². The van der Waals surface area contributed by atoms with Crippen molar-refractivity contribution in [3.63, 3.8) is 0 Å². The Morgan fingerprint density at radius 2 is 2.15 bits per heavy atom. The molecule has 7 nitrogen and oxygen atoms in total. The zero-order valence-corrected chi connectivity index (χ0v) is 15.1. The van der Waals surface area contributed by atoms with Crippen molar-refractivity contribution in [2.45, 2.75) is 6.92 Å². The topological polar surface area (TPSA) is 81.9 Å². The molecule has 0 saturated carbocycles. The predicted molar refractivity (Wildman–Crippen MR) is 95.9 cm³/mol. The van der Waals surface area contributed by atoms with Gasteiger partial charge in [0.05, 0.1) is 10.7 Å². The number of nitrogens with zero attached hydrogens (tertiary/aromatic N) is 4. The molecule has 10 heteroatoms.